The van der Waals surface area contributed by atoms with Crippen molar-refractivity contribution in [1.82, 2.24) is 16.3 Å². The van der Waals surface area contributed by atoms with Crippen molar-refractivity contribution in [2.75, 3.05) is 10.6 Å². The number of phenols is 2. The quantitative estimate of drug-likeness (QED) is 0.0339. The van der Waals surface area contributed by atoms with E-state index in [1.165, 1.54) is 12.3 Å². The molecule has 0 aliphatic rings. The van der Waals surface area contributed by atoms with Crippen molar-refractivity contribution in [2.24, 2.45) is 10.1 Å². The second-order valence-corrected chi connectivity index (χ2v) is 12.9. The molecule has 5 aromatic rings. The standard InChI is InChI=1S/C35H27Br2N7O4S2/c36-28-17-24(31(45)29(37)32(28)46)18-39-42-33(47)30(40-27-14-9-22-3-1-2-4-23(22)16-27)34(48)43-44-35(50)41-26-12-7-21(8-13-26)15-20-5-10-25(11-6-20)38-19-49/h1-14,16-18,30,40,45-46H,15H2,(H,42,47)(H,43,48)(H2,41,44,50)/b39-18+. The molecule has 2 amide bonds. The molecule has 1 unspecified atom stereocenters. The molecule has 15 heteroatoms. The van der Waals surface area contributed by atoms with Crippen LogP contribution in [-0.4, -0.2) is 44.6 Å². The monoisotopic (exact) mass is 831 g/mol. The maximum atomic E-state index is 13.4. The second kappa shape index (κ2) is 17.0. The summed E-state index contributed by atoms with van der Waals surface area (Å²) in [5.41, 5.74) is 11.7. The maximum Gasteiger partial charge on any atom is 0.272 e. The van der Waals surface area contributed by atoms with Crippen LogP contribution in [0.5, 0.6) is 11.5 Å². The summed E-state index contributed by atoms with van der Waals surface area (Å²) in [5.74, 6) is -2.06. The van der Waals surface area contributed by atoms with E-state index >= 15 is 0 Å². The SMILES string of the molecule is O=C(N/N=C/c1cc(Br)c(O)c(Br)c1O)C(Nc1ccc2ccccc2c1)C(=O)NNC(=S)Nc1ccc(Cc2ccc(N=C=S)cc2)cc1. The average Bonchev–Trinajstić information content (AvgIpc) is 3.12. The number of hydrogen-bond donors (Lipinski definition) is 7. The number of fused-ring (bicyclic) bond motifs is 1. The Bertz CT molecular complexity index is 2140. The van der Waals surface area contributed by atoms with Crippen molar-refractivity contribution in [3.63, 3.8) is 0 Å². The number of aromatic hydroxyl groups is 2. The molecule has 0 spiro atoms. The van der Waals surface area contributed by atoms with Gasteiger partial charge >= 0.3 is 0 Å². The van der Waals surface area contributed by atoms with E-state index in [1.807, 2.05) is 84.9 Å². The van der Waals surface area contributed by atoms with Crippen LogP contribution in [0.2, 0.25) is 0 Å². The third-order valence-corrected chi connectivity index (χ3v) is 8.84. The Balaban J connectivity index is 1.23. The summed E-state index contributed by atoms with van der Waals surface area (Å²) in [7, 11) is 0. The Morgan fingerprint density at radius 3 is 2.18 bits per heavy atom. The number of anilines is 2. The molecule has 252 valence electrons. The van der Waals surface area contributed by atoms with E-state index in [4.69, 9.17) is 12.2 Å². The van der Waals surface area contributed by atoms with Gasteiger partial charge in [-0.15, -0.1) is 0 Å². The molecular weight excluding hydrogens is 806 g/mol. The number of benzene rings is 5. The highest BCUT2D eigenvalue weighted by molar-refractivity contribution is 9.11. The van der Waals surface area contributed by atoms with Crippen molar-refractivity contribution < 1.29 is 19.8 Å². The van der Waals surface area contributed by atoms with Gasteiger partial charge in [-0.25, -0.2) is 5.43 Å². The van der Waals surface area contributed by atoms with Gasteiger partial charge < -0.3 is 20.8 Å². The van der Waals surface area contributed by atoms with Gasteiger partial charge in [0, 0.05) is 16.9 Å². The largest absolute Gasteiger partial charge is 0.506 e. The highest BCUT2D eigenvalue weighted by Crippen LogP contribution is 2.40. The van der Waals surface area contributed by atoms with E-state index in [2.05, 4.69) is 86.2 Å². The minimum atomic E-state index is -1.47. The summed E-state index contributed by atoms with van der Waals surface area (Å²) in [6.07, 6.45) is 1.88. The van der Waals surface area contributed by atoms with E-state index in [1.54, 1.807) is 6.07 Å². The van der Waals surface area contributed by atoms with Crippen molar-refractivity contribution in [1.29, 1.82) is 0 Å². The van der Waals surface area contributed by atoms with Crippen LogP contribution in [0.4, 0.5) is 17.1 Å². The number of rotatable bonds is 10. The van der Waals surface area contributed by atoms with Crippen LogP contribution in [-0.2, 0) is 16.0 Å². The number of carbonyl (C=O) groups excluding carboxylic acids is 2. The number of aliphatic imine (C=N–C) groups is 1. The molecule has 5 rings (SSSR count). The fourth-order valence-electron chi connectivity index (χ4n) is 4.68. The minimum Gasteiger partial charge on any atom is -0.506 e. The lowest BCUT2D eigenvalue weighted by Gasteiger charge is -2.19. The van der Waals surface area contributed by atoms with Crippen molar-refractivity contribution in [3.8, 4) is 11.5 Å². The zero-order chi connectivity index (χ0) is 35.6. The number of nitrogens with one attached hydrogen (secondary N) is 5. The Morgan fingerprint density at radius 2 is 1.48 bits per heavy atom. The smallest absolute Gasteiger partial charge is 0.272 e. The fraction of sp³-hybridized carbons (Fsp3) is 0.0571. The first-order chi connectivity index (χ1) is 24.1. The highest BCUT2D eigenvalue weighted by Gasteiger charge is 2.27. The van der Waals surface area contributed by atoms with Crippen LogP contribution in [0.15, 0.2) is 116 Å². The number of hydrazone groups is 1. The topological polar surface area (TPSA) is 159 Å². The zero-order valence-electron chi connectivity index (χ0n) is 25.8. The lowest BCUT2D eigenvalue weighted by atomic mass is 10.0. The average molecular weight is 834 g/mol. The molecule has 11 nitrogen and oxygen atoms in total. The summed E-state index contributed by atoms with van der Waals surface area (Å²) >= 11 is 16.3. The number of hydrogen-bond acceptors (Lipinski definition) is 9. The first-order valence-corrected chi connectivity index (χ1v) is 17.1. The Labute approximate surface area is 314 Å². The molecule has 50 heavy (non-hydrogen) atoms. The van der Waals surface area contributed by atoms with Gasteiger partial charge in [-0.3, -0.25) is 20.4 Å². The number of carbonyl (C=O) groups is 2. The van der Waals surface area contributed by atoms with Gasteiger partial charge in [0.05, 0.1) is 21.5 Å². The number of halogens is 2. The van der Waals surface area contributed by atoms with E-state index in [0.717, 1.165) is 27.6 Å². The summed E-state index contributed by atoms with van der Waals surface area (Å²) < 4.78 is 0.332. The van der Waals surface area contributed by atoms with Crippen LogP contribution >= 0.6 is 56.3 Å². The van der Waals surface area contributed by atoms with Gasteiger partial charge in [-0.05, 0) is 127 Å². The van der Waals surface area contributed by atoms with Crippen molar-refractivity contribution in [2.45, 2.75) is 12.5 Å². The van der Waals surface area contributed by atoms with E-state index in [-0.39, 0.29) is 31.1 Å². The van der Waals surface area contributed by atoms with Crippen molar-refractivity contribution in [3.05, 3.63) is 123 Å². The molecule has 1 atom stereocenters. The third-order valence-electron chi connectivity index (χ3n) is 7.19. The van der Waals surface area contributed by atoms with Gasteiger partial charge in [-0.1, -0.05) is 54.6 Å². The summed E-state index contributed by atoms with van der Waals surface area (Å²) in [6, 6.07) is 28.4. The van der Waals surface area contributed by atoms with E-state index < -0.39 is 17.9 Å². The molecule has 0 saturated carbocycles. The van der Waals surface area contributed by atoms with Gasteiger partial charge in [0.25, 0.3) is 11.8 Å². The van der Waals surface area contributed by atoms with Gasteiger partial charge in [-0.2, -0.15) is 10.1 Å². The highest BCUT2D eigenvalue weighted by atomic mass is 79.9. The normalized spacial score (nSPS) is 11.3. The van der Waals surface area contributed by atoms with Crippen LogP contribution in [0, 0.1) is 0 Å². The van der Waals surface area contributed by atoms with Crippen molar-refractivity contribution >= 4 is 112 Å². The number of phenolic OH excluding ortho intramolecular Hbond substituents is 2. The van der Waals surface area contributed by atoms with Crippen LogP contribution in [0.1, 0.15) is 16.7 Å². The Hall–Kier alpha value is -5.18. The van der Waals surface area contributed by atoms with Crippen LogP contribution < -0.4 is 26.9 Å². The van der Waals surface area contributed by atoms with E-state index in [9.17, 15) is 19.8 Å². The Kier molecular flexibility index (Phi) is 12.3. The van der Waals surface area contributed by atoms with Gasteiger partial charge in [0.1, 0.15) is 16.0 Å². The van der Waals surface area contributed by atoms with Crippen LogP contribution in [0.3, 0.4) is 0 Å². The summed E-state index contributed by atoms with van der Waals surface area (Å²) in [6.45, 7) is 0. The first-order valence-electron chi connectivity index (χ1n) is 14.7. The molecule has 0 aromatic heterocycles. The number of nitrogens with zero attached hydrogens (tertiary/aromatic N) is 2. The van der Waals surface area contributed by atoms with E-state index in [0.29, 0.717) is 17.8 Å². The molecule has 0 heterocycles. The van der Waals surface area contributed by atoms with Gasteiger partial charge in [0.2, 0.25) is 0 Å². The zero-order valence-corrected chi connectivity index (χ0v) is 30.6. The molecular formula is C35H27Br2N7O4S2. The molecule has 0 fully saturated rings. The Morgan fingerprint density at radius 1 is 0.820 bits per heavy atom. The number of hydrazine groups is 1. The third kappa shape index (κ3) is 9.49. The van der Waals surface area contributed by atoms with Gasteiger partial charge in [0.15, 0.2) is 11.2 Å². The lowest BCUT2D eigenvalue weighted by molar-refractivity contribution is -0.130. The predicted molar refractivity (Wildman–Crippen MR) is 210 cm³/mol. The number of isothiocyanates is 1. The summed E-state index contributed by atoms with van der Waals surface area (Å²) in [5, 5.41) is 34.5. The molecule has 0 aliphatic heterocycles. The minimum absolute atomic E-state index is 0.0432. The number of thiocarbonyl (C=S) groups is 2. The number of amides is 2. The molecule has 0 aliphatic carbocycles. The molecule has 0 bridgehead atoms. The molecule has 7 N–H and O–H groups in total. The fourth-order valence-corrected chi connectivity index (χ4v) is 6.10. The van der Waals surface area contributed by atoms with Crippen LogP contribution in [0.25, 0.3) is 10.8 Å². The second-order valence-electron chi connectivity index (χ2n) is 10.6. The predicted octanol–water partition coefficient (Wildman–Crippen LogP) is 7.05. The molecule has 0 saturated heterocycles. The maximum absolute atomic E-state index is 13.4. The first kappa shape index (κ1) is 36.1. The molecule has 0 radical (unpaired) electrons. The lowest BCUT2D eigenvalue weighted by Crippen LogP contribution is -2.54. The summed E-state index contributed by atoms with van der Waals surface area (Å²) in [4.78, 5) is 30.6. The molecule has 5 aromatic carbocycles.